The Morgan fingerprint density at radius 3 is 2.47 bits per heavy atom. The number of hydrogen-bond donors (Lipinski definition) is 4. The summed E-state index contributed by atoms with van der Waals surface area (Å²) in [4.78, 5) is 61.5. The number of rotatable bonds is 11. The van der Waals surface area contributed by atoms with Crippen molar-refractivity contribution >= 4 is 35.3 Å². The second-order valence-electron chi connectivity index (χ2n) is 8.68. The summed E-state index contributed by atoms with van der Waals surface area (Å²) in [7, 11) is 0. The zero-order chi connectivity index (χ0) is 27.5. The van der Waals surface area contributed by atoms with E-state index in [-0.39, 0.29) is 25.3 Å². The van der Waals surface area contributed by atoms with Gasteiger partial charge in [-0.05, 0) is 43.4 Å². The quantitative estimate of drug-likeness (QED) is 0.196. The first-order valence-corrected chi connectivity index (χ1v) is 12.1. The number of nitro groups is 1. The van der Waals surface area contributed by atoms with Crippen LogP contribution in [-0.4, -0.2) is 58.9 Å². The summed E-state index contributed by atoms with van der Waals surface area (Å²) in [5, 5.41) is 18.6. The third-order valence-corrected chi connectivity index (χ3v) is 5.94. The van der Waals surface area contributed by atoms with Crippen LogP contribution in [0.3, 0.4) is 0 Å². The Morgan fingerprint density at radius 1 is 1.11 bits per heavy atom. The highest BCUT2D eigenvalue weighted by Crippen LogP contribution is 2.20. The third kappa shape index (κ3) is 8.18. The molecule has 0 spiro atoms. The lowest BCUT2D eigenvalue weighted by atomic mass is 10.1. The molecule has 0 unspecified atom stereocenters. The lowest BCUT2D eigenvalue weighted by Gasteiger charge is -2.26. The maximum Gasteiger partial charge on any atom is 0.410 e. The summed E-state index contributed by atoms with van der Waals surface area (Å²) in [5.74, 6) is -1.06. The van der Waals surface area contributed by atoms with E-state index >= 15 is 0 Å². The van der Waals surface area contributed by atoms with E-state index in [1.54, 1.807) is 0 Å². The van der Waals surface area contributed by atoms with Crippen LogP contribution in [0, 0.1) is 10.1 Å². The lowest BCUT2D eigenvalue weighted by molar-refractivity contribution is -0.384. The van der Waals surface area contributed by atoms with Gasteiger partial charge < -0.3 is 26.4 Å². The minimum atomic E-state index is -1.00. The number of anilines is 1. The molecular weight excluding hydrogens is 496 g/mol. The van der Waals surface area contributed by atoms with Crippen molar-refractivity contribution in [2.24, 2.45) is 5.73 Å². The minimum absolute atomic E-state index is 0.0671. The Kier molecular flexibility index (Phi) is 9.97. The summed E-state index contributed by atoms with van der Waals surface area (Å²) in [6, 6.07) is 11.9. The Balaban J connectivity index is 1.63. The number of non-ortho nitro benzene ring substituents is 1. The van der Waals surface area contributed by atoms with E-state index in [9.17, 15) is 29.3 Å². The fraction of sp³-hybridized carbons (Fsp3) is 0.360. The molecule has 2 atom stereocenters. The van der Waals surface area contributed by atoms with Crippen LogP contribution in [0.4, 0.5) is 21.0 Å². The SMILES string of the molecule is NC(=O)NCCC[C@H](NC(=O)[C@@H]1CCCN1C(=O)OCc1ccccc1)C(=O)Nc1ccc([N+](=O)[O-])cc1. The Hall–Kier alpha value is -4.68. The van der Waals surface area contributed by atoms with Gasteiger partial charge in [0, 0.05) is 30.9 Å². The van der Waals surface area contributed by atoms with Gasteiger partial charge >= 0.3 is 12.1 Å². The molecular formula is C25H30N6O7. The van der Waals surface area contributed by atoms with Gasteiger partial charge in [0.25, 0.3) is 5.69 Å². The normalized spacial score (nSPS) is 15.3. The summed E-state index contributed by atoms with van der Waals surface area (Å²) in [6.07, 6.45) is 0.877. The molecule has 2 aromatic carbocycles. The average Bonchev–Trinajstić information content (AvgIpc) is 3.40. The van der Waals surface area contributed by atoms with Crippen LogP contribution in [0.5, 0.6) is 0 Å². The first kappa shape index (κ1) is 27.9. The molecule has 3 rings (SSSR count). The van der Waals surface area contributed by atoms with Gasteiger partial charge in [-0.15, -0.1) is 0 Å². The van der Waals surface area contributed by atoms with Crippen molar-refractivity contribution in [3.8, 4) is 0 Å². The molecule has 0 radical (unpaired) electrons. The zero-order valence-electron chi connectivity index (χ0n) is 20.6. The van der Waals surface area contributed by atoms with Gasteiger partial charge in [-0.1, -0.05) is 30.3 Å². The van der Waals surface area contributed by atoms with E-state index in [4.69, 9.17) is 10.5 Å². The molecule has 0 aliphatic carbocycles. The fourth-order valence-electron chi connectivity index (χ4n) is 4.01. The lowest BCUT2D eigenvalue weighted by Crippen LogP contribution is -2.52. The van der Waals surface area contributed by atoms with Crippen LogP contribution in [0.2, 0.25) is 0 Å². The molecule has 202 valence electrons. The Bertz CT molecular complexity index is 1140. The van der Waals surface area contributed by atoms with Gasteiger partial charge in [0.15, 0.2) is 0 Å². The smallest absolute Gasteiger partial charge is 0.410 e. The van der Waals surface area contributed by atoms with E-state index < -0.39 is 40.9 Å². The highest BCUT2D eigenvalue weighted by atomic mass is 16.6. The number of carbonyl (C=O) groups is 4. The average molecular weight is 527 g/mol. The molecule has 13 nitrogen and oxygen atoms in total. The standard InChI is InChI=1S/C25H30N6O7/c26-24(34)27-14-4-8-20(22(32)28-18-10-12-19(13-11-18)31(36)37)29-23(33)21-9-5-15-30(21)25(35)38-16-17-6-2-1-3-7-17/h1-3,6-7,10-13,20-21H,4-5,8-9,14-16H2,(H,28,32)(H,29,33)(H3,26,27,34)/t20-,21-/m0/s1. The first-order valence-electron chi connectivity index (χ1n) is 12.1. The van der Waals surface area contributed by atoms with Crippen LogP contribution in [-0.2, 0) is 20.9 Å². The van der Waals surface area contributed by atoms with E-state index in [1.807, 2.05) is 30.3 Å². The molecule has 5 N–H and O–H groups in total. The maximum atomic E-state index is 13.2. The Labute approximate surface area is 218 Å². The van der Waals surface area contributed by atoms with Crippen molar-refractivity contribution in [3.05, 3.63) is 70.3 Å². The highest BCUT2D eigenvalue weighted by Gasteiger charge is 2.36. The Morgan fingerprint density at radius 2 is 1.82 bits per heavy atom. The number of likely N-dealkylation sites (tertiary alicyclic amines) is 1. The molecule has 0 bridgehead atoms. The van der Waals surface area contributed by atoms with Crippen molar-refractivity contribution in [1.29, 1.82) is 0 Å². The third-order valence-electron chi connectivity index (χ3n) is 5.94. The topological polar surface area (TPSA) is 186 Å². The second kappa shape index (κ2) is 13.6. The number of hydrogen-bond acceptors (Lipinski definition) is 7. The van der Waals surface area contributed by atoms with E-state index in [0.717, 1.165) is 5.56 Å². The molecule has 0 aromatic heterocycles. The van der Waals surface area contributed by atoms with Crippen molar-refractivity contribution in [2.75, 3.05) is 18.4 Å². The largest absolute Gasteiger partial charge is 0.445 e. The van der Waals surface area contributed by atoms with E-state index in [1.165, 1.54) is 29.2 Å². The fourth-order valence-corrected chi connectivity index (χ4v) is 4.01. The second-order valence-corrected chi connectivity index (χ2v) is 8.68. The molecule has 1 aliphatic rings. The van der Waals surface area contributed by atoms with Crippen LogP contribution in [0.15, 0.2) is 54.6 Å². The van der Waals surface area contributed by atoms with Crippen molar-refractivity contribution in [2.45, 2.75) is 44.4 Å². The van der Waals surface area contributed by atoms with Gasteiger partial charge in [-0.25, -0.2) is 9.59 Å². The predicted octanol–water partition coefficient (Wildman–Crippen LogP) is 2.27. The highest BCUT2D eigenvalue weighted by molar-refractivity contribution is 5.98. The number of urea groups is 1. The molecule has 2 aromatic rings. The number of ether oxygens (including phenoxy) is 1. The number of carbonyl (C=O) groups excluding carboxylic acids is 4. The molecule has 1 fully saturated rings. The number of nitrogens with one attached hydrogen (secondary N) is 3. The van der Waals surface area contributed by atoms with Crippen LogP contribution >= 0.6 is 0 Å². The first-order chi connectivity index (χ1) is 18.2. The number of nitrogens with two attached hydrogens (primary N) is 1. The maximum absolute atomic E-state index is 13.2. The number of nitrogens with zero attached hydrogens (tertiary/aromatic N) is 2. The molecule has 0 saturated carbocycles. The number of amides is 5. The van der Waals surface area contributed by atoms with Crippen molar-refractivity contribution in [3.63, 3.8) is 0 Å². The summed E-state index contributed by atoms with van der Waals surface area (Å²) in [6.45, 7) is 0.597. The molecule has 13 heteroatoms. The monoisotopic (exact) mass is 526 g/mol. The molecule has 38 heavy (non-hydrogen) atoms. The number of primary amides is 1. The van der Waals surface area contributed by atoms with Gasteiger partial charge in [0.05, 0.1) is 4.92 Å². The molecule has 5 amide bonds. The zero-order valence-corrected chi connectivity index (χ0v) is 20.6. The number of benzene rings is 2. The van der Waals surface area contributed by atoms with E-state index in [0.29, 0.717) is 31.5 Å². The summed E-state index contributed by atoms with van der Waals surface area (Å²) < 4.78 is 5.38. The predicted molar refractivity (Wildman–Crippen MR) is 137 cm³/mol. The molecule has 1 saturated heterocycles. The van der Waals surface area contributed by atoms with Crippen LogP contribution in [0.1, 0.15) is 31.2 Å². The van der Waals surface area contributed by atoms with Crippen molar-refractivity contribution in [1.82, 2.24) is 15.5 Å². The van der Waals surface area contributed by atoms with Crippen LogP contribution in [0.25, 0.3) is 0 Å². The van der Waals surface area contributed by atoms with E-state index in [2.05, 4.69) is 16.0 Å². The summed E-state index contributed by atoms with van der Waals surface area (Å²) in [5.41, 5.74) is 6.06. The van der Waals surface area contributed by atoms with Gasteiger partial charge in [0.1, 0.15) is 18.7 Å². The van der Waals surface area contributed by atoms with Crippen molar-refractivity contribution < 1.29 is 28.8 Å². The molecule has 1 aliphatic heterocycles. The van der Waals surface area contributed by atoms with Gasteiger partial charge in [-0.3, -0.25) is 24.6 Å². The summed E-state index contributed by atoms with van der Waals surface area (Å²) >= 11 is 0. The van der Waals surface area contributed by atoms with Gasteiger partial charge in [-0.2, -0.15) is 0 Å². The minimum Gasteiger partial charge on any atom is -0.445 e. The van der Waals surface area contributed by atoms with Gasteiger partial charge in [0.2, 0.25) is 11.8 Å². The number of nitro benzene ring substituents is 1. The molecule has 1 heterocycles. The van der Waals surface area contributed by atoms with Crippen LogP contribution < -0.4 is 21.7 Å².